The number of hydrogen-bond donors (Lipinski definition) is 0. The Hall–Kier alpha value is -2.38. The monoisotopic (exact) mass is 391 g/mol. The van der Waals surface area contributed by atoms with Crippen molar-refractivity contribution in [2.24, 2.45) is 0 Å². The van der Waals surface area contributed by atoms with Gasteiger partial charge in [-0.3, -0.25) is 4.79 Å². The molecule has 0 atom stereocenters. The summed E-state index contributed by atoms with van der Waals surface area (Å²) in [6.45, 7) is 3.52. The maximum atomic E-state index is 12.9. The van der Waals surface area contributed by atoms with Crippen LogP contribution in [-0.4, -0.2) is 45.7 Å². The van der Waals surface area contributed by atoms with E-state index in [0.29, 0.717) is 25.3 Å². The predicted octanol–water partition coefficient (Wildman–Crippen LogP) is 3.01. The Kier molecular flexibility index (Phi) is 7.38. The van der Waals surface area contributed by atoms with Crippen LogP contribution in [0.3, 0.4) is 0 Å². The van der Waals surface area contributed by atoms with Gasteiger partial charge in [-0.05, 0) is 43.2 Å². The summed E-state index contributed by atoms with van der Waals surface area (Å²) in [7, 11) is -1.93. The van der Waals surface area contributed by atoms with E-state index in [0.717, 1.165) is 23.8 Å². The van der Waals surface area contributed by atoms with Crippen molar-refractivity contribution in [1.82, 2.24) is 4.90 Å². The molecule has 1 amide bonds. The number of carbonyl (C=O) groups is 1. The van der Waals surface area contributed by atoms with E-state index < -0.39 is 10.1 Å². The maximum Gasteiger partial charge on any atom is 0.306 e. The van der Waals surface area contributed by atoms with Gasteiger partial charge in [0.2, 0.25) is 0 Å². The molecule has 2 aromatic carbocycles. The van der Waals surface area contributed by atoms with Crippen molar-refractivity contribution in [2.45, 2.75) is 19.9 Å². The molecule has 0 radical (unpaired) electrons. The minimum Gasteiger partial charge on any atom is -0.385 e. The number of methoxy groups -OCH3 is 1. The van der Waals surface area contributed by atoms with Gasteiger partial charge in [-0.1, -0.05) is 29.8 Å². The number of rotatable bonds is 9. The van der Waals surface area contributed by atoms with Gasteiger partial charge in [0.1, 0.15) is 5.75 Å². The molecule has 0 spiro atoms. The molecule has 6 nitrogen and oxygen atoms in total. The third kappa shape index (κ3) is 7.03. The lowest BCUT2D eigenvalue weighted by atomic mass is 10.1. The van der Waals surface area contributed by atoms with E-state index in [2.05, 4.69) is 0 Å². The van der Waals surface area contributed by atoms with Gasteiger partial charge >= 0.3 is 10.1 Å². The fraction of sp³-hybridized carbons (Fsp3) is 0.350. The van der Waals surface area contributed by atoms with Gasteiger partial charge in [-0.15, -0.1) is 0 Å². The largest absolute Gasteiger partial charge is 0.385 e. The molecule has 0 aliphatic heterocycles. The van der Waals surface area contributed by atoms with Crippen LogP contribution >= 0.6 is 0 Å². The molecule has 0 bridgehead atoms. The van der Waals surface area contributed by atoms with Gasteiger partial charge in [-0.25, -0.2) is 0 Å². The van der Waals surface area contributed by atoms with Gasteiger partial charge in [0.05, 0.1) is 6.26 Å². The molecule has 0 N–H and O–H groups in total. The fourth-order valence-corrected chi connectivity index (χ4v) is 3.04. The summed E-state index contributed by atoms with van der Waals surface area (Å²) in [6.07, 6.45) is 1.72. The van der Waals surface area contributed by atoms with Crippen molar-refractivity contribution in [3.63, 3.8) is 0 Å². The summed E-state index contributed by atoms with van der Waals surface area (Å²) in [4.78, 5) is 14.7. The lowest BCUT2D eigenvalue weighted by Gasteiger charge is -2.23. The van der Waals surface area contributed by atoms with Crippen molar-refractivity contribution in [3.8, 4) is 5.75 Å². The SMILES string of the molecule is COCCCN(Cc1ccc(OS(C)(=O)=O)cc1)C(=O)c1ccc(C)cc1. The molecule has 0 fully saturated rings. The number of hydrogen-bond acceptors (Lipinski definition) is 5. The minimum absolute atomic E-state index is 0.0532. The van der Waals surface area contributed by atoms with E-state index in [-0.39, 0.29) is 11.7 Å². The van der Waals surface area contributed by atoms with Gasteiger partial charge in [0.25, 0.3) is 5.91 Å². The molecule has 2 rings (SSSR count). The predicted molar refractivity (Wildman–Crippen MR) is 104 cm³/mol. The average molecular weight is 391 g/mol. The third-order valence-electron chi connectivity index (χ3n) is 3.91. The average Bonchev–Trinajstić information content (AvgIpc) is 2.61. The molecule has 0 saturated heterocycles. The smallest absolute Gasteiger partial charge is 0.306 e. The second kappa shape index (κ2) is 9.53. The Labute approximate surface area is 160 Å². The normalized spacial score (nSPS) is 11.2. The summed E-state index contributed by atoms with van der Waals surface area (Å²) >= 11 is 0. The molecule has 7 heteroatoms. The van der Waals surface area contributed by atoms with Crippen molar-refractivity contribution >= 4 is 16.0 Å². The van der Waals surface area contributed by atoms with Crippen LogP contribution in [0.4, 0.5) is 0 Å². The molecule has 0 unspecified atom stereocenters. The summed E-state index contributed by atoms with van der Waals surface area (Å²) < 4.78 is 32.3. The summed E-state index contributed by atoms with van der Waals surface area (Å²) in [5.41, 5.74) is 2.61. The Balaban J connectivity index is 2.13. The highest BCUT2D eigenvalue weighted by Gasteiger charge is 2.16. The van der Waals surface area contributed by atoms with Crippen molar-refractivity contribution < 1.29 is 22.1 Å². The van der Waals surface area contributed by atoms with E-state index in [1.165, 1.54) is 0 Å². The number of carbonyl (C=O) groups excluding carboxylic acids is 1. The van der Waals surface area contributed by atoms with E-state index in [1.807, 2.05) is 31.2 Å². The molecule has 0 aliphatic carbocycles. The molecule has 0 saturated carbocycles. The zero-order valence-electron chi connectivity index (χ0n) is 15.8. The summed E-state index contributed by atoms with van der Waals surface area (Å²) in [6, 6.07) is 14.2. The maximum absolute atomic E-state index is 12.9. The molecular weight excluding hydrogens is 366 g/mol. The number of nitrogens with zero attached hydrogens (tertiary/aromatic N) is 1. The molecule has 2 aromatic rings. The van der Waals surface area contributed by atoms with Crippen LogP contribution in [0.5, 0.6) is 5.75 Å². The summed E-state index contributed by atoms with van der Waals surface area (Å²) in [5, 5.41) is 0. The molecule has 146 valence electrons. The first-order chi connectivity index (χ1) is 12.8. The highest BCUT2D eigenvalue weighted by atomic mass is 32.2. The summed E-state index contributed by atoms with van der Waals surface area (Å²) in [5.74, 6) is 0.194. The zero-order chi connectivity index (χ0) is 19.9. The van der Waals surface area contributed by atoms with Crippen LogP contribution < -0.4 is 4.18 Å². The quantitative estimate of drug-likeness (QED) is 0.485. The number of benzene rings is 2. The topological polar surface area (TPSA) is 72.9 Å². The van der Waals surface area contributed by atoms with Crippen LogP contribution in [-0.2, 0) is 21.4 Å². The third-order valence-corrected chi connectivity index (χ3v) is 4.40. The van der Waals surface area contributed by atoms with Gasteiger partial charge in [0, 0.05) is 32.4 Å². The van der Waals surface area contributed by atoms with Crippen LogP contribution in [0.2, 0.25) is 0 Å². The van der Waals surface area contributed by atoms with Gasteiger partial charge < -0.3 is 13.8 Å². The highest BCUT2D eigenvalue weighted by molar-refractivity contribution is 7.86. The van der Waals surface area contributed by atoms with Gasteiger partial charge in [-0.2, -0.15) is 8.42 Å². The number of aryl methyl sites for hydroxylation is 1. The van der Waals surface area contributed by atoms with Crippen LogP contribution in [0, 0.1) is 6.92 Å². The van der Waals surface area contributed by atoms with Crippen LogP contribution in [0.1, 0.15) is 27.9 Å². The number of ether oxygens (including phenoxy) is 1. The second-order valence-corrected chi connectivity index (χ2v) is 7.95. The van der Waals surface area contributed by atoms with E-state index in [1.54, 1.807) is 36.3 Å². The lowest BCUT2D eigenvalue weighted by Crippen LogP contribution is -2.32. The molecule has 0 aromatic heterocycles. The zero-order valence-corrected chi connectivity index (χ0v) is 16.7. The molecular formula is C20H25NO5S. The first-order valence-corrected chi connectivity index (χ1v) is 10.4. The minimum atomic E-state index is -3.56. The fourth-order valence-electron chi connectivity index (χ4n) is 2.58. The standard InChI is InChI=1S/C20H25NO5S/c1-16-5-9-18(10-6-16)20(22)21(13-4-14-25-2)15-17-7-11-19(12-8-17)26-27(3,23)24/h5-12H,4,13-15H2,1-3H3. The molecule has 0 heterocycles. The Morgan fingerprint density at radius 1 is 1.04 bits per heavy atom. The number of amides is 1. The van der Waals surface area contributed by atoms with E-state index in [4.69, 9.17) is 8.92 Å². The Morgan fingerprint density at radius 2 is 1.67 bits per heavy atom. The molecule has 27 heavy (non-hydrogen) atoms. The van der Waals surface area contributed by atoms with E-state index in [9.17, 15) is 13.2 Å². The van der Waals surface area contributed by atoms with E-state index >= 15 is 0 Å². The molecule has 0 aliphatic rings. The Morgan fingerprint density at radius 3 is 2.22 bits per heavy atom. The van der Waals surface area contributed by atoms with Crippen LogP contribution in [0.25, 0.3) is 0 Å². The first-order valence-electron chi connectivity index (χ1n) is 8.62. The lowest BCUT2D eigenvalue weighted by molar-refractivity contribution is 0.0723. The second-order valence-electron chi connectivity index (χ2n) is 6.37. The van der Waals surface area contributed by atoms with Crippen LogP contribution in [0.15, 0.2) is 48.5 Å². The van der Waals surface area contributed by atoms with Crippen molar-refractivity contribution in [1.29, 1.82) is 0 Å². The van der Waals surface area contributed by atoms with Crippen molar-refractivity contribution in [2.75, 3.05) is 26.5 Å². The highest BCUT2D eigenvalue weighted by Crippen LogP contribution is 2.17. The van der Waals surface area contributed by atoms with Crippen molar-refractivity contribution in [3.05, 3.63) is 65.2 Å². The van der Waals surface area contributed by atoms with Gasteiger partial charge in [0.15, 0.2) is 0 Å². The first kappa shape index (κ1) is 20.9. The Bertz CT molecular complexity index is 845.